The van der Waals surface area contributed by atoms with Crippen LogP contribution >= 0.6 is 0 Å². The second-order valence-electron chi connectivity index (χ2n) is 7.61. The third kappa shape index (κ3) is 4.47. The number of rotatable bonds is 5. The predicted molar refractivity (Wildman–Crippen MR) is 96.5 cm³/mol. The van der Waals surface area contributed by atoms with Crippen molar-refractivity contribution in [3.05, 3.63) is 47.5 Å². The van der Waals surface area contributed by atoms with Crippen LogP contribution in [0.4, 0.5) is 0 Å². The molecular weight excluding hydrogens is 300 g/mol. The molecule has 3 heteroatoms. The lowest BCUT2D eigenvalue weighted by molar-refractivity contribution is -0.152. The topological polar surface area (TPSA) is 46.5 Å². The van der Waals surface area contributed by atoms with Crippen LogP contribution < -0.4 is 0 Å². The lowest BCUT2D eigenvalue weighted by atomic mass is 9.75. The van der Waals surface area contributed by atoms with E-state index in [0.717, 1.165) is 18.4 Å². The van der Waals surface area contributed by atoms with Crippen molar-refractivity contribution < 1.29 is 14.6 Å². The van der Waals surface area contributed by atoms with Crippen LogP contribution in [0.15, 0.2) is 36.4 Å². The Morgan fingerprint density at radius 3 is 2.46 bits per heavy atom. The van der Waals surface area contributed by atoms with Crippen LogP contribution in [0, 0.1) is 24.7 Å². The molecule has 132 valence electrons. The minimum atomic E-state index is -1.02. The van der Waals surface area contributed by atoms with E-state index < -0.39 is 12.1 Å². The van der Waals surface area contributed by atoms with Crippen LogP contribution in [0.25, 0.3) is 0 Å². The number of aliphatic hydroxyl groups excluding tert-OH is 1. The van der Waals surface area contributed by atoms with Crippen molar-refractivity contribution in [3.8, 4) is 0 Å². The number of benzene rings is 1. The zero-order valence-electron chi connectivity index (χ0n) is 15.3. The SMILES string of the molecule is C=C(C(=O)O[C@H]1C[C@H](C)CC[C@@H]1C(C)C)[C@@H](O)c1ccc(C)cc1. The smallest absolute Gasteiger partial charge is 0.336 e. The zero-order chi connectivity index (χ0) is 17.9. The Kier molecular flexibility index (Phi) is 6.22. The minimum Gasteiger partial charge on any atom is -0.459 e. The van der Waals surface area contributed by atoms with Crippen molar-refractivity contribution in [2.45, 2.75) is 59.2 Å². The molecule has 1 fully saturated rings. The van der Waals surface area contributed by atoms with Gasteiger partial charge in [-0.15, -0.1) is 0 Å². The molecule has 1 saturated carbocycles. The summed E-state index contributed by atoms with van der Waals surface area (Å²) in [5, 5.41) is 10.4. The van der Waals surface area contributed by atoms with E-state index in [4.69, 9.17) is 4.74 Å². The van der Waals surface area contributed by atoms with E-state index in [1.165, 1.54) is 6.42 Å². The zero-order valence-corrected chi connectivity index (χ0v) is 15.3. The maximum atomic E-state index is 12.5. The number of hydrogen-bond donors (Lipinski definition) is 1. The molecule has 0 heterocycles. The van der Waals surface area contributed by atoms with Gasteiger partial charge in [0, 0.05) is 0 Å². The fraction of sp³-hybridized carbons (Fsp3) is 0.571. The van der Waals surface area contributed by atoms with Crippen molar-refractivity contribution in [1.82, 2.24) is 0 Å². The van der Waals surface area contributed by atoms with Crippen LogP contribution in [-0.2, 0) is 9.53 Å². The van der Waals surface area contributed by atoms with Crippen LogP contribution in [0.1, 0.15) is 57.3 Å². The number of aryl methyl sites for hydroxylation is 1. The lowest BCUT2D eigenvalue weighted by Gasteiger charge is -2.37. The van der Waals surface area contributed by atoms with E-state index in [2.05, 4.69) is 27.4 Å². The Morgan fingerprint density at radius 1 is 1.25 bits per heavy atom. The highest BCUT2D eigenvalue weighted by molar-refractivity contribution is 5.89. The summed E-state index contributed by atoms with van der Waals surface area (Å²) in [5.41, 5.74) is 1.88. The molecule has 0 aliphatic heterocycles. The van der Waals surface area contributed by atoms with E-state index in [1.807, 2.05) is 31.2 Å². The summed E-state index contributed by atoms with van der Waals surface area (Å²) >= 11 is 0. The van der Waals surface area contributed by atoms with E-state index in [0.29, 0.717) is 23.3 Å². The van der Waals surface area contributed by atoms with Gasteiger partial charge in [-0.25, -0.2) is 4.79 Å². The third-order valence-electron chi connectivity index (χ3n) is 5.21. The van der Waals surface area contributed by atoms with Gasteiger partial charge in [-0.3, -0.25) is 0 Å². The Morgan fingerprint density at radius 2 is 1.88 bits per heavy atom. The average Bonchev–Trinajstić information content (AvgIpc) is 2.54. The van der Waals surface area contributed by atoms with Gasteiger partial charge in [0.25, 0.3) is 0 Å². The first-order valence-corrected chi connectivity index (χ1v) is 8.94. The lowest BCUT2D eigenvalue weighted by Crippen LogP contribution is -2.36. The van der Waals surface area contributed by atoms with Crippen LogP contribution in [0.2, 0.25) is 0 Å². The average molecular weight is 330 g/mol. The highest BCUT2D eigenvalue weighted by Crippen LogP contribution is 2.36. The van der Waals surface area contributed by atoms with Gasteiger partial charge in [-0.05, 0) is 43.1 Å². The second-order valence-corrected chi connectivity index (χ2v) is 7.61. The fourth-order valence-electron chi connectivity index (χ4n) is 3.52. The first-order chi connectivity index (χ1) is 11.3. The highest BCUT2D eigenvalue weighted by atomic mass is 16.5. The van der Waals surface area contributed by atoms with Crippen molar-refractivity contribution in [3.63, 3.8) is 0 Å². The van der Waals surface area contributed by atoms with Crippen LogP contribution in [-0.4, -0.2) is 17.2 Å². The van der Waals surface area contributed by atoms with Gasteiger partial charge >= 0.3 is 5.97 Å². The molecule has 24 heavy (non-hydrogen) atoms. The molecule has 1 aliphatic rings. The Hall–Kier alpha value is -1.61. The molecule has 0 unspecified atom stereocenters. The Bertz CT molecular complexity index is 573. The van der Waals surface area contributed by atoms with Crippen molar-refractivity contribution >= 4 is 5.97 Å². The molecular formula is C21H30O3. The number of carbonyl (C=O) groups is 1. The van der Waals surface area contributed by atoms with Crippen molar-refractivity contribution in [2.24, 2.45) is 17.8 Å². The monoisotopic (exact) mass is 330 g/mol. The summed E-state index contributed by atoms with van der Waals surface area (Å²) in [6.07, 6.45) is 2.07. The number of carbonyl (C=O) groups excluding carboxylic acids is 1. The van der Waals surface area contributed by atoms with E-state index in [9.17, 15) is 9.90 Å². The summed E-state index contributed by atoms with van der Waals surface area (Å²) in [6.45, 7) is 12.3. The minimum absolute atomic E-state index is 0.0804. The van der Waals surface area contributed by atoms with E-state index >= 15 is 0 Å². The van der Waals surface area contributed by atoms with Gasteiger partial charge < -0.3 is 9.84 Å². The molecule has 0 spiro atoms. The molecule has 3 nitrogen and oxygen atoms in total. The summed E-state index contributed by atoms with van der Waals surface area (Å²) in [5.74, 6) is 0.945. The molecule has 0 radical (unpaired) electrons. The second kappa shape index (κ2) is 7.98. The summed E-state index contributed by atoms with van der Waals surface area (Å²) < 4.78 is 5.77. The molecule has 0 bridgehead atoms. The quantitative estimate of drug-likeness (QED) is 0.634. The first-order valence-electron chi connectivity index (χ1n) is 8.94. The third-order valence-corrected chi connectivity index (χ3v) is 5.21. The van der Waals surface area contributed by atoms with Gasteiger partial charge in [-0.1, -0.05) is 63.6 Å². The Balaban J connectivity index is 2.04. The predicted octanol–water partition coefficient (Wildman–Crippen LogP) is 4.59. The number of ether oxygens (including phenoxy) is 1. The summed E-state index contributed by atoms with van der Waals surface area (Å²) in [6, 6.07) is 7.46. The summed E-state index contributed by atoms with van der Waals surface area (Å²) in [7, 11) is 0. The van der Waals surface area contributed by atoms with Gasteiger partial charge in [0.15, 0.2) is 0 Å². The van der Waals surface area contributed by atoms with Crippen LogP contribution in [0.3, 0.4) is 0 Å². The normalized spacial score (nSPS) is 25.3. The standard InChI is InChI=1S/C21H30O3/c1-13(2)18-11-8-15(4)12-19(18)24-21(23)16(5)20(22)17-9-6-14(3)7-10-17/h6-7,9-10,13,15,18-20,22H,5,8,11-12H2,1-4H3/t15-,18-,19+,20-/m1/s1. The van der Waals surface area contributed by atoms with Gasteiger partial charge in [0.05, 0.1) is 5.57 Å². The molecule has 0 aromatic heterocycles. The molecule has 4 atom stereocenters. The van der Waals surface area contributed by atoms with E-state index in [1.54, 1.807) is 0 Å². The maximum Gasteiger partial charge on any atom is 0.336 e. The molecule has 1 aliphatic carbocycles. The largest absolute Gasteiger partial charge is 0.459 e. The van der Waals surface area contributed by atoms with Crippen LogP contribution in [0.5, 0.6) is 0 Å². The molecule has 1 aromatic rings. The van der Waals surface area contributed by atoms with Gasteiger partial charge in [0.2, 0.25) is 0 Å². The number of aliphatic hydroxyl groups is 1. The number of esters is 1. The first kappa shape index (κ1) is 18.7. The number of hydrogen-bond acceptors (Lipinski definition) is 3. The van der Waals surface area contributed by atoms with Crippen molar-refractivity contribution in [1.29, 1.82) is 0 Å². The van der Waals surface area contributed by atoms with E-state index in [-0.39, 0.29) is 11.7 Å². The van der Waals surface area contributed by atoms with Crippen molar-refractivity contribution in [2.75, 3.05) is 0 Å². The molecule has 0 amide bonds. The molecule has 1 N–H and O–H groups in total. The molecule has 1 aromatic carbocycles. The summed E-state index contributed by atoms with van der Waals surface area (Å²) in [4.78, 5) is 12.5. The van der Waals surface area contributed by atoms with Gasteiger partial charge in [-0.2, -0.15) is 0 Å². The maximum absolute atomic E-state index is 12.5. The fourth-order valence-corrected chi connectivity index (χ4v) is 3.52. The highest BCUT2D eigenvalue weighted by Gasteiger charge is 2.34. The van der Waals surface area contributed by atoms with Gasteiger partial charge in [0.1, 0.15) is 12.2 Å². The molecule has 0 saturated heterocycles. The molecule has 2 rings (SSSR count). The Labute approximate surface area is 145 Å².